The number of aromatic nitrogens is 1. The first kappa shape index (κ1) is 12.2. The molecular weight excluding hydrogens is 233 g/mol. The maximum atomic E-state index is 13.1. The molecule has 0 saturated heterocycles. The Morgan fingerprint density at radius 3 is 2.94 bits per heavy atom. The van der Waals surface area contributed by atoms with Gasteiger partial charge in [-0.25, -0.2) is 4.39 Å². The lowest BCUT2D eigenvalue weighted by Crippen LogP contribution is -2.17. The van der Waals surface area contributed by atoms with Crippen molar-refractivity contribution >= 4 is 17.3 Å². The number of hydrogen-bond donors (Lipinski definition) is 2. The number of hydrogen-bond acceptors (Lipinski definition) is 2. The quantitative estimate of drug-likeness (QED) is 0.818. The van der Waals surface area contributed by atoms with Crippen molar-refractivity contribution in [2.75, 3.05) is 11.1 Å². The van der Waals surface area contributed by atoms with Crippen molar-refractivity contribution in [2.24, 2.45) is 0 Å². The van der Waals surface area contributed by atoms with Crippen LogP contribution in [0.5, 0.6) is 0 Å². The Balaban J connectivity index is 2.24. The van der Waals surface area contributed by atoms with E-state index in [4.69, 9.17) is 5.73 Å². The molecule has 0 aliphatic heterocycles. The van der Waals surface area contributed by atoms with Gasteiger partial charge in [0.1, 0.15) is 11.5 Å². The largest absolute Gasteiger partial charge is 0.397 e. The van der Waals surface area contributed by atoms with Crippen LogP contribution in [0.25, 0.3) is 0 Å². The highest BCUT2D eigenvalue weighted by Gasteiger charge is 2.11. The normalized spacial score (nSPS) is 10.3. The molecule has 0 aliphatic rings. The summed E-state index contributed by atoms with van der Waals surface area (Å²) in [4.78, 5) is 12.0. The number of nitrogens with two attached hydrogens (primary N) is 1. The van der Waals surface area contributed by atoms with Crippen LogP contribution < -0.4 is 11.1 Å². The van der Waals surface area contributed by atoms with Crippen molar-refractivity contribution in [3.8, 4) is 0 Å². The molecule has 18 heavy (non-hydrogen) atoms. The second-order valence-electron chi connectivity index (χ2n) is 3.87. The van der Waals surface area contributed by atoms with Crippen molar-refractivity contribution in [1.82, 2.24) is 4.57 Å². The lowest BCUT2D eigenvalue weighted by Gasteiger charge is -2.09. The van der Waals surface area contributed by atoms with E-state index in [0.717, 1.165) is 0 Å². The van der Waals surface area contributed by atoms with Gasteiger partial charge in [-0.15, -0.1) is 0 Å². The van der Waals surface area contributed by atoms with Gasteiger partial charge in [0.25, 0.3) is 5.91 Å². The standard InChI is InChI=1S/C13H14FN3O/c1-2-17-7-3-4-12(17)13(18)16-11-8-9(14)5-6-10(11)15/h3-8H,2,15H2,1H3,(H,16,18). The van der Waals surface area contributed by atoms with Crippen molar-refractivity contribution in [3.63, 3.8) is 0 Å². The molecule has 0 bridgehead atoms. The third-order valence-corrected chi connectivity index (χ3v) is 2.67. The van der Waals surface area contributed by atoms with E-state index in [9.17, 15) is 9.18 Å². The minimum Gasteiger partial charge on any atom is -0.397 e. The first-order valence-corrected chi connectivity index (χ1v) is 5.63. The van der Waals surface area contributed by atoms with E-state index < -0.39 is 5.82 Å². The lowest BCUT2D eigenvalue weighted by atomic mass is 10.2. The molecule has 5 heteroatoms. The Kier molecular flexibility index (Phi) is 3.32. The van der Waals surface area contributed by atoms with Crippen LogP contribution in [-0.4, -0.2) is 10.5 Å². The number of nitrogen functional groups attached to an aromatic ring is 1. The van der Waals surface area contributed by atoms with Gasteiger partial charge in [-0.05, 0) is 37.3 Å². The Labute approximate surface area is 104 Å². The molecular formula is C13H14FN3O. The summed E-state index contributed by atoms with van der Waals surface area (Å²) < 4.78 is 14.9. The van der Waals surface area contributed by atoms with E-state index in [-0.39, 0.29) is 11.6 Å². The van der Waals surface area contributed by atoms with Gasteiger partial charge in [0.05, 0.1) is 11.4 Å². The number of carbonyl (C=O) groups is 1. The van der Waals surface area contributed by atoms with Gasteiger partial charge in [-0.1, -0.05) is 0 Å². The number of nitrogens with zero attached hydrogens (tertiary/aromatic N) is 1. The van der Waals surface area contributed by atoms with E-state index in [1.807, 2.05) is 13.1 Å². The number of anilines is 2. The Hall–Kier alpha value is -2.30. The number of rotatable bonds is 3. The monoisotopic (exact) mass is 247 g/mol. The minimum atomic E-state index is -0.439. The number of aryl methyl sites for hydroxylation is 1. The van der Waals surface area contributed by atoms with Gasteiger partial charge in [-0.3, -0.25) is 4.79 Å². The molecule has 0 atom stereocenters. The van der Waals surface area contributed by atoms with Crippen LogP contribution in [0, 0.1) is 5.82 Å². The molecule has 1 aromatic heterocycles. The molecule has 0 aliphatic carbocycles. The lowest BCUT2D eigenvalue weighted by molar-refractivity contribution is 0.101. The minimum absolute atomic E-state index is 0.281. The Morgan fingerprint density at radius 1 is 1.44 bits per heavy atom. The highest BCUT2D eigenvalue weighted by atomic mass is 19.1. The molecule has 1 aromatic carbocycles. The van der Waals surface area contributed by atoms with Gasteiger partial charge in [0.2, 0.25) is 0 Å². The van der Waals surface area contributed by atoms with Gasteiger partial charge < -0.3 is 15.6 Å². The number of nitrogens with one attached hydrogen (secondary N) is 1. The molecule has 94 valence electrons. The number of halogens is 1. The average Bonchev–Trinajstić information content (AvgIpc) is 2.82. The maximum Gasteiger partial charge on any atom is 0.272 e. The SMILES string of the molecule is CCn1cccc1C(=O)Nc1cc(F)ccc1N. The maximum absolute atomic E-state index is 13.1. The molecule has 0 spiro atoms. The molecule has 2 aromatic rings. The van der Waals surface area contributed by atoms with Crippen LogP contribution in [0.3, 0.4) is 0 Å². The number of amides is 1. The summed E-state index contributed by atoms with van der Waals surface area (Å²) in [5.74, 6) is -0.746. The third-order valence-electron chi connectivity index (χ3n) is 2.67. The smallest absolute Gasteiger partial charge is 0.272 e. The summed E-state index contributed by atoms with van der Waals surface area (Å²) >= 11 is 0. The predicted molar refractivity (Wildman–Crippen MR) is 68.9 cm³/mol. The van der Waals surface area contributed by atoms with Crippen molar-refractivity contribution < 1.29 is 9.18 Å². The molecule has 2 rings (SSSR count). The molecule has 0 radical (unpaired) electrons. The first-order valence-electron chi connectivity index (χ1n) is 5.63. The van der Waals surface area contributed by atoms with Crippen molar-refractivity contribution in [1.29, 1.82) is 0 Å². The molecule has 0 unspecified atom stereocenters. The summed E-state index contributed by atoms with van der Waals surface area (Å²) in [5.41, 5.74) is 6.80. The number of carbonyl (C=O) groups excluding carboxylic acids is 1. The third kappa shape index (κ3) is 2.34. The fourth-order valence-corrected chi connectivity index (χ4v) is 1.72. The zero-order valence-electron chi connectivity index (χ0n) is 9.98. The van der Waals surface area contributed by atoms with Crippen LogP contribution in [0.4, 0.5) is 15.8 Å². The summed E-state index contributed by atoms with van der Waals surface area (Å²) in [6.07, 6.45) is 1.81. The average molecular weight is 247 g/mol. The molecule has 1 heterocycles. The summed E-state index contributed by atoms with van der Waals surface area (Å²) in [7, 11) is 0. The Morgan fingerprint density at radius 2 is 2.22 bits per heavy atom. The topological polar surface area (TPSA) is 60.0 Å². The van der Waals surface area contributed by atoms with E-state index in [0.29, 0.717) is 17.9 Å². The summed E-state index contributed by atoms with van der Waals surface area (Å²) in [6.45, 7) is 2.63. The molecule has 4 nitrogen and oxygen atoms in total. The van der Waals surface area contributed by atoms with Crippen LogP contribution in [0.2, 0.25) is 0 Å². The van der Waals surface area contributed by atoms with Gasteiger partial charge >= 0.3 is 0 Å². The van der Waals surface area contributed by atoms with Gasteiger partial charge in [0, 0.05) is 12.7 Å². The van der Waals surface area contributed by atoms with Crippen molar-refractivity contribution in [2.45, 2.75) is 13.5 Å². The highest BCUT2D eigenvalue weighted by molar-refractivity contribution is 6.04. The van der Waals surface area contributed by atoms with E-state index in [2.05, 4.69) is 5.32 Å². The molecule has 0 saturated carbocycles. The second-order valence-corrected chi connectivity index (χ2v) is 3.87. The fraction of sp³-hybridized carbons (Fsp3) is 0.154. The molecule has 0 fully saturated rings. The predicted octanol–water partition coefficient (Wildman–Crippen LogP) is 2.48. The number of benzene rings is 1. The molecule has 1 amide bonds. The highest BCUT2D eigenvalue weighted by Crippen LogP contribution is 2.20. The summed E-state index contributed by atoms with van der Waals surface area (Å²) in [6, 6.07) is 7.36. The van der Waals surface area contributed by atoms with Gasteiger partial charge in [-0.2, -0.15) is 0 Å². The van der Waals surface area contributed by atoms with Crippen LogP contribution >= 0.6 is 0 Å². The zero-order valence-corrected chi connectivity index (χ0v) is 9.98. The first-order chi connectivity index (χ1) is 8.61. The van der Waals surface area contributed by atoms with Crippen LogP contribution in [0.15, 0.2) is 36.5 Å². The van der Waals surface area contributed by atoms with E-state index >= 15 is 0 Å². The van der Waals surface area contributed by atoms with E-state index in [1.54, 1.807) is 16.7 Å². The Bertz CT molecular complexity index is 577. The zero-order chi connectivity index (χ0) is 13.1. The van der Waals surface area contributed by atoms with Crippen LogP contribution in [-0.2, 0) is 6.54 Å². The van der Waals surface area contributed by atoms with Gasteiger partial charge in [0.15, 0.2) is 0 Å². The summed E-state index contributed by atoms with van der Waals surface area (Å²) in [5, 5.41) is 2.60. The van der Waals surface area contributed by atoms with Crippen LogP contribution in [0.1, 0.15) is 17.4 Å². The fourth-order valence-electron chi connectivity index (χ4n) is 1.72. The molecule has 3 N–H and O–H groups in total. The second kappa shape index (κ2) is 4.91. The van der Waals surface area contributed by atoms with E-state index in [1.165, 1.54) is 18.2 Å². The van der Waals surface area contributed by atoms with Crippen molar-refractivity contribution in [3.05, 3.63) is 48.0 Å².